The maximum absolute atomic E-state index is 13.1. The van der Waals surface area contributed by atoms with Gasteiger partial charge < -0.3 is 15.0 Å². The van der Waals surface area contributed by atoms with Crippen molar-refractivity contribution in [2.24, 2.45) is 0 Å². The predicted octanol–water partition coefficient (Wildman–Crippen LogP) is 5.52. The summed E-state index contributed by atoms with van der Waals surface area (Å²) in [4.78, 5) is 18.7. The zero-order valence-electron chi connectivity index (χ0n) is 18.8. The Morgan fingerprint density at radius 1 is 1.36 bits per heavy atom. The molecule has 170 valence electrons. The lowest BCUT2D eigenvalue weighted by Gasteiger charge is -2.40. The number of halogens is 1. The van der Waals surface area contributed by atoms with Crippen molar-refractivity contribution < 1.29 is 9.53 Å². The lowest BCUT2D eigenvalue weighted by molar-refractivity contribution is 0.0138. The van der Waals surface area contributed by atoms with Crippen LogP contribution in [0, 0.1) is 17.9 Å². The smallest absolute Gasteiger partial charge is 0.410 e. The maximum Gasteiger partial charge on any atom is 0.410 e. The number of ether oxygens (including phenoxy) is 1. The molecule has 2 unspecified atom stereocenters. The van der Waals surface area contributed by atoms with E-state index < -0.39 is 11.5 Å². The van der Waals surface area contributed by atoms with E-state index >= 15 is 0 Å². The van der Waals surface area contributed by atoms with E-state index in [1.807, 2.05) is 32.9 Å². The van der Waals surface area contributed by atoms with Crippen molar-refractivity contribution in [3.05, 3.63) is 68.4 Å². The lowest BCUT2D eigenvalue weighted by atomic mass is 9.83. The molecule has 0 spiro atoms. The zero-order valence-corrected chi connectivity index (χ0v) is 20.4. The number of carbonyl (C=O) groups excluding carboxylic acids is 1. The number of fused-ring (bicyclic) bond motifs is 1. The number of nitriles is 1. The van der Waals surface area contributed by atoms with Crippen LogP contribution in [-0.2, 0) is 4.74 Å². The van der Waals surface area contributed by atoms with Crippen molar-refractivity contribution in [2.45, 2.75) is 57.6 Å². The van der Waals surface area contributed by atoms with Gasteiger partial charge in [-0.2, -0.15) is 10.4 Å². The van der Waals surface area contributed by atoms with Gasteiger partial charge in [-0.25, -0.2) is 9.64 Å². The average molecular weight is 509 g/mol. The molecule has 0 saturated carbocycles. The van der Waals surface area contributed by atoms with Crippen molar-refractivity contribution in [3.8, 4) is 6.07 Å². The Balaban J connectivity index is 1.84. The van der Waals surface area contributed by atoms with Crippen molar-refractivity contribution in [1.29, 1.82) is 5.26 Å². The molecule has 4 rings (SSSR count). The summed E-state index contributed by atoms with van der Waals surface area (Å²) in [7, 11) is 0. The summed E-state index contributed by atoms with van der Waals surface area (Å²) in [6.07, 6.45) is 3.85. The first-order valence-corrected chi connectivity index (χ1v) is 11.6. The number of allylic oxidation sites excluding steroid dienone is 1. The largest absolute Gasteiger partial charge is 0.444 e. The number of piperidine rings is 1. The summed E-state index contributed by atoms with van der Waals surface area (Å²) < 4.78 is 6.33. The van der Waals surface area contributed by atoms with E-state index in [9.17, 15) is 10.1 Å². The van der Waals surface area contributed by atoms with E-state index in [1.54, 1.807) is 17.2 Å². The summed E-state index contributed by atoms with van der Waals surface area (Å²) in [5, 5.41) is 20.1. The number of aromatic amines is 1. The van der Waals surface area contributed by atoms with Gasteiger partial charge in [0, 0.05) is 22.3 Å². The first-order chi connectivity index (χ1) is 15.7. The van der Waals surface area contributed by atoms with E-state index in [-0.39, 0.29) is 12.1 Å². The van der Waals surface area contributed by atoms with Gasteiger partial charge in [0.05, 0.1) is 30.3 Å². The van der Waals surface area contributed by atoms with Crippen LogP contribution in [0.15, 0.2) is 40.3 Å². The van der Waals surface area contributed by atoms with Crippen LogP contribution in [0.4, 0.5) is 10.6 Å². The van der Waals surface area contributed by atoms with Crippen LogP contribution in [0.5, 0.6) is 0 Å². The van der Waals surface area contributed by atoms with E-state index in [2.05, 4.69) is 42.4 Å². The zero-order chi connectivity index (χ0) is 23.8. The number of likely N-dealkylation sites (tertiary alicyclic amines) is 1. The fourth-order valence-corrected chi connectivity index (χ4v) is 5.02. The third-order valence-corrected chi connectivity index (χ3v) is 6.72. The highest BCUT2D eigenvalue weighted by molar-refractivity contribution is 9.10. The molecule has 0 aliphatic carbocycles. The summed E-state index contributed by atoms with van der Waals surface area (Å²) in [6, 6.07) is 7.33. The number of carbonyl (C=O) groups is 1. The van der Waals surface area contributed by atoms with E-state index in [0.29, 0.717) is 33.8 Å². The van der Waals surface area contributed by atoms with Gasteiger partial charge in [0.15, 0.2) is 5.70 Å². The molecule has 9 heteroatoms. The predicted molar refractivity (Wildman–Crippen MR) is 127 cm³/mol. The number of H-pyrrole nitrogens is 1. The highest BCUT2D eigenvalue weighted by atomic mass is 79.9. The van der Waals surface area contributed by atoms with Crippen molar-refractivity contribution in [2.75, 3.05) is 11.9 Å². The maximum atomic E-state index is 13.1. The molecule has 1 amide bonds. The minimum atomic E-state index is -0.613. The van der Waals surface area contributed by atoms with Crippen LogP contribution < -0.4 is 5.32 Å². The summed E-state index contributed by atoms with van der Waals surface area (Å²) in [6.45, 7) is 14.2. The highest BCUT2D eigenvalue weighted by Gasteiger charge is 2.40. The molecule has 2 N–H and O–H groups in total. The number of nitrogens with zero attached hydrogens (tertiary/aromatic N) is 4. The number of nitrogens with one attached hydrogen (secondary N) is 2. The normalized spacial score (nSPS) is 20.4. The van der Waals surface area contributed by atoms with E-state index in [4.69, 9.17) is 11.3 Å². The Labute approximate surface area is 201 Å². The van der Waals surface area contributed by atoms with Gasteiger partial charge in [0.25, 0.3) is 0 Å². The lowest BCUT2D eigenvalue weighted by Crippen LogP contribution is -2.48. The molecule has 33 heavy (non-hydrogen) atoms. The molecule has 2 aromatic rings. The number of rotatable bonds is 2. The fraction of sp³-hybridized carbons (Fsp3) is 0.417. The van der Waals surface area contributed by atoms with E-state index in [0.717, 1.165) is 30.4 Å². The summed E-state index contributed by atoms with van der Waals surface area (Å²) >= 11 is 3.57. The second-order valence-electron chi connectivity index (χ2n) is 9.17. The van der Waals surface area contributed by atoms with Gasteiger partial charge in [-0.05, 0) is 67.6 Å². The minimum Gasteiger partial charge on any atom is -0.444 e. The summed E-state index contributed by atoms with van der Waals surface area (Å²) in [5.41, 5.74) is 2.67. The van der Waals surface area contributed by atoms with Gasteiger partial charge in [-0.15, -0.1) is 0 Å². The molecule has 1 saturated heterocycles. The SMILES string of the molecule is [C-]#[N+]C1=C(C2CCCCN2C(=O)OC(C)(C)C)Nc2[nH]ncc2C1c1cccc(C#N)c1Br. The van der Waals surface area contributed by atoms with Crippen molar-refractivity contribution in [1.82, 2.24) is 15.1 Å². The Bertz CT molecular complexity index is 1200. The topological polar surface area (TPSA) is 98.4 Å². The fourth-order valence-electron chi connectivity index (χ4n) is 4.44. The van der Waals surface area contributed by atoms with Gasteiger partial charge in [0.1, 0.15) is 17.5 Å². The Kier molecular flexibility index (Phi) is 6.18. The van der Waals surface area contributed by atoms with Crippen LogP contribution in [-0.4, -0.2) is 39.4 Å². The van der Waals surface area contributed by atoms with Gasteiger partial charge in [-0.1, -0.05) is 12.1 Å². The van der Waals surface area contributed by atoms with Gasteiger partial charge >= 0.3 is 6.09 Å². The van der Waals surface area contributed by atoms with Crippen LogP contribution in [0.1, 0.15) is 62.6 Å². The van der Waals surface area contributed by atoms with E-state index in [1.165, 1.54) is 0 Å². The molecule has 1 aromatic heterocycles. The highest BCUT2D eigenvalue weighted by Crippen LogP contribution is 2.46. The monoisotopic (exact) mass is 508 g/mol. The number of benzene rings is 1. The molecule has 0 bridgehead atoms. The molecular formula is C24H25BrN6O2. The number of aromatic nitrogens is 2. The number of hydrogen-bond acceptors (Lipinski definition) is 5. The molecule has 1 aromatic carbocycles. The molecule has 2 aliphatic heterocycles. The summed E-state index contributed by atoms with van der Waals surface area (Å²) in [5.74, 6) is 0.254. The first kappa shape index (κ1) is 22.9. The minimum absolute atomic E-state index is 0.324. The second-order valence-corrected chi connectivity index (χ2v) is 9.97. The molecule has 0 radical (unpaired) electrons. The number of amides is 1. The van der Waals surface area contributed by atoms with Crippen LogP contribution >= 0.6 is 15.9 Å². The Morgan fingerprint density at radius 2 is 2.15 bits per heavy atom. The van der Waals surface area contributed by atoms with Crippen LogP contribution in [0.3, 0.4) is 0 Å². The quantitative estimate of drug-likeness (QED) is 0.520. The molecule has 2 atom stereocenters. The third-order valence-electron chi connectivity index (χ3n) is 5.83. The van der Waals surface area contributed by atoms with Gasteiger partial charge in [0.2, 0.25) is 0 Å². The van der Waals surface area contributed by atoms with Gasteiger partial charge in [-0.3, -0.25) is 5.10 Å². The van der Waals surface area contributed by atoms with Crippen molar-refractivity contribution >= 4 is 27.8 Å². The average Bonchev–Trinajstić information content (AvgIpc) is 3.25. The molecular weight excluding hydrogens is 484 g/mol. The van der Waals surface area contributed by atoms with Crippen molar-refractivity contribution in [3.63, 3.8) is 0 Å². The van der Waals surface area contributed by atoms with Crippen LogP contribution in [0.2, 0.25) is 0 Å². The third kappa shape index (κ3) is 4.34. The number of anilines is 1. The second kappa shape index (κ2) is 8.92. The molecule has 3 heterocycles. The molecule has 1 fully saturated rings. The molecule has 8 nitrogen and oxygen atoms in total. The standard InChI is InChI=1S/C24H25BrN6O2/c1-24(2,3)33-23(32)31-11-6-5-10-17(31)20-21(27-4)18(16-13-28-30-22(16)29-20)15-9-7-8-14(12-26)19(15)25/h7-9,13,17-18H,5-6,10-11H2,1-3H3,(H2,28,29,30). The van der Waals surface area contributed by atoms with Crippen LogP contribution in [0.25, 0.3) is 4.85 Å². The Hall–Kier alpha value is -3.30. The Morgan fingerprint density at radius 3 is 2.85 bits per heavy atom. The number of hydrogen-bond donors (Lipinski definition) is 2. The first-order valence-electron chi connectivity index (χ1n) is 10.8. The molecule has 2 aliphatic rings.